The van der Waals surface area contributed by atoms with Gasteiger partial charge in [-0.05, 0) is 48.5 Å². The van der Waals surface area contributed by atoms with Crippen LogP contribution in [0.1, 0.15) is 36.8 Å². The van der Waals surface area contributed by atoms with Gasteiger partial charge in [-0.25, -0.2) is 22.6 Å². The maximum atomic E-state index is 12.8. The second kappa shape index (κ2) is 8.91. The summed E-state index contributed by atoms with van der Waals surface area (Å²) in [6.45, 7) is 6.02. The number of aromatic amines is 1. The zero-order valence-electron chi connectivity index (χ0n) is 19.7. The minimum Gasteiger partial charge on any atom is -0.361 e. The Labute approximate surface area is 202 Å². The minimum atomic E-state index is -3.68. The minimum absolute atomic E-state index is 0.176. The molecular formula is C24H26N6O4S. The highest BCUT2D eigenvalue weighted by molar-refractivity contribution is 7.89. The first-order chi connectivity index (χ1) is 16.4. The van der Waals surface area contributed by atoms with E-state index in [1.165, 1.54) is 12.1 Å². The monoisotopic (exact) mass is 494 g/mol. The third kappa shape index (κ3) is 5.69. The molecule has 0 bridgehead atoms. The molecule has 0 fully saturated rings. The summed E-state index contributed by atoms with van der Waals surface area (Å²) in [7, 11) is -3.68. The Bertz CT molecular complexity index is 1510. The number of fused-ring (bicyclic) bond motifs is 1. The molecule has 11 heteroatoms. The van der Waals surface area contributed by atoms with Crippen LogP contribution in [0, 0.1) is 0 Å². The van der Waals surface area contributed by atoms with Crippen LogP contribution in [0.3, 0.4) is 0 Å². The summed E-state index contributed by atoms with van der Waals surface area (Å²) in [5, 5.41) is 11.3. The van der Waals surface area contributed by atoms with E-state index in [0.29, 0.717) is 17.2 Å². The molecule has 4 aromatic rings. The summed E-state index contributed by atoms with van der Waals surface area (Å²) in [5.74, 6) is -0.296. The predicted octanol–water partition coefficient (Wildman–Crippen LogP) is 3.98. The summed E-state index contributed by atoms with van der Waals surface area (Å²) in [6.07, 6.45) is 2.74. The number of hydrogen-bond donors (Lipinski definition) is 4. The number of carbonyl (C=O) groups excluding carboxylic acids is 2. The Morgan fingerprint density at radius 1 is 0.971 bits per heavy atom. The van der Waals surface area contributed by atoms with Crippen LogP contribution in [0.5, 0.6) is 0 Å². The second-order valence-electron chi connectivity index (χ2n) is 9.19. The molecule has 0 spiro atoms. The zero-order valence-corrected chi connectivity index (χ0v) is 20.5. The molecule has 35 heavy (non-hydrogen) atoms. The molecule has 3 amide bonds. The van der Waals surface area contributed by atoms with Crippen LogP contribution in [0.25, 0.3) is 16.6 Å². The van der Waals surface area contributed by atoms with Gasteiger partial charge in [-0.3, -0.25) is 10.1 Å². The highest BCUT2D eigenvalue weighted by Crippen LogP contribution is 2.27. The molecule has 0 aliphatic carbocycles. The number of anilines is 2. The van der Waals surface area contributed by atoms with Crippen molar-refractivity contribution in [2.75, 3.05) is 16.9 Å². The van der Waals surface area contributed by atoms with Crippen molar-refractivity contribution in [1.82, 2.24) is 19.5 Å². The van der Waals surface area contributed by atoms with Crippen molar-refractivity contribution in [1.29, 1.82) is 0 Å². The Kier molecular flexibility index (Phi) is 6.12. The van der Waals surface area contributed by atoms with Crippen LogP contribution >= 0.6 is 0 Å². The second-order valence-corrected chi connectivity index (χ2v) is 10.9. The SMILES string of the molecule is CC(C)(C)c1cc(NC(=O)Nc2ccc3[nH]ccc3c2)n(-c2ccc(C(=O)NS(C)(=O)=O)cc2)n1. The maximum absolute atomic E-state index is 12.8. The van der Waals surface area contributed by atoms with Crippen LogP contribution in [-0.2, 0) is 15.4 Å². The standard InChI is InChI=1S/C24H26N6O4S/c1-24(2,3)20-14-21(27-23(32)26-17-7-10-19-16(13-17)11-12-25-19)30(28-20)18-8-5-15(6-9-18)22(31)29-35(4,33)34/h5-14,25H,1-4H3,(H,29,31)(H2,26,27,32). The van der Waals surface area contributed by atoms with Gasteiger partial charge in [0.25, 0.3) is 5.91 Å². The fraction of sp³-hybridized carbons (Fsp3) is 0.208. The van der Waals surface area contributed by atoms with Gasteiger partial charge in [-0.2, -0.15) is 5.10 Å². The lowest BCUT2D eigenvalue weighted by molar-refractivity contribution is 0.0981. The molecule has 182 valence electrons. The number of carbonyl (C=O) groups is 2. The quantitative estimate of drug-likeness (QED) is 0.332. The molecular weight excluding hydrogens is 468 g/mol. The highest BCUT2D eigenvalue weighted by atomic mass is 32.2. The third-order valence-electron chi connectivity index (χ3n) is 5.18. The first-order valence-corrected chi connectivity index (χ1v) is 12.7. The number of rotatable bonds is 5. The molecule has 0 atom stereocenters. The largest absolute Gasteiger partial charge is 0.361 e. The molecule has 0 aliphatic heterocycles. The summed E-state index contributed by atoms with van der Waals surface area (Å²) in [4.78, 5) is 28.0. The van der Waals surface area contributed by atoms with Crippen LogP contribution in [0.4, 0.5) is 16.3 Å². The number of hydrogen-bond acceptors (Lipinski definition) is 5. The number of aromatic nitrogens is 3. The van der Waals surface area contributed by atoms with E-state index >= 15 is 0 Å². The normalized spacial score (nSPS) is 11.9. The number of nitrogens with zero attached hydrogens (tertiary/aromatic N) is 2. The van der Waals surface area contributed by atoms with Gasteiger partial charge in [0.2, 0.25) is 10.0 Å². The molecule has 2 heterocycles. The van der Waals surface area contributed by atoms with E-state index in [2.05, 4.69) is 20.7 Å². The van der Waals surface area contributed by atoms with Gasteiger partial charge in [0.05, 0.1) is 17.6 Å². The lowest BCUT2D eigenvalue weighted by Crippen LogP contribution is -2.29. The van der Waals surface area contributed by atoms with Crippen molar-refractivity contribution in [3.05, 3.63) is 72.1 Å². The summed E-state index contributed by atoms with van der Waals surface area (Å²) >= 11 is 0. The van der Waals surface area contributed by atoms with Crippen molar-refractivity contribution in [3.63, 3.8) is 0 Å². The van der Waals surface area contributed by atoms with Crippen LogP contribution < -0.4 is 15.4 Å². The maximum Gasteiger partial charge on any atom is 0.324 e. The van der Waals surface area contributed by atoms with Crippen LogP contribution in [0.15, 0.2) is 60.8 Å². The van der Waals surface area contributed by atoms with Crippen LogP contribution in [-0.4, -0.2) is 41.4 Å². The fourth-order valence-electron chi connectivity index (χ4n) is 3.42. The highest BCUT2D eigenvalue weighted by Gasteiger charge is 2.22. The van der Waals surface area contributed by atoms with Crippen LogP contribution in [0.2, 0.25) is 0 Å². The number of urea groups is 1. The average molecular weight is 495 g/mol. The molecule has 4 rings (SSSR count). The number of nitrogens with one attached hydrogen (secondary N) is 4. The molecule has 0 radical (unpaired) electrons. The molecule has 0 unspecified atom stereocenters. The zero-order chi connectivity index (χ0) is 25.4. The molecule has 0 aliphatic rings. The summed E-state index contributed by atoms with van der Waals surface area (Å²) in [6, 6.07) is 15.1. The molecule has 2 aromatic heterocycles. The van der Waals surface area contributed by atoms with E-state index in [4.69, 9.17) is 0 Å². The Morgan fingerprint density at radius 2 is 1.69 bits per heavy atom. The van der Waals surface area contributed by atoms with Gasteiger partial charge < -0.3 is 10.3 Å². The molecule has 0 saturated heterocycles. The first-order valence-electron chi connectivity index (χ1n) is 10.8. The van der Waals surface area contributed by atoms with Gasteiger partial charge in [0.15, 0.2) is 0 Å². The number of sulfonamides is 1. The summed E-state index contributed by atoms with van der Waals surface area (Å²) in [5.41, 5.74) is 2.83. The van der Waals surface area contributed by atoms with Crippen molar-refractivity contribution in [2.45, 2.75) is 26.2 Å². The van der Waals surface area contributed by atoms with Gasteiger partial charge in [0, 0.05) is 39.8 Å². The van der Waals surface area contributed by atoms with E-state index in [0.717, 1.165) is 22.9 Å². The topological polar surface area (TPSA) is 138 Å². The van der Waals surface area contributed by atoms with E-state index < -0.39 is 22.0 Å². The van der Waals surface area contributed by atoms with Crippen molar-refractivity contribution >= 4 is 44.4 Å². The number of H-pyrrole nitrogens is 1. The van der Waals surface area contributed by atoms with Crippen molar-refractivity contribution in [2.24, 2.45) is 0 Å². The van der Waals surface area contributed by atoms with Crippen molar-refractivity contribution < 1.29 is 18.0 Å². The Morgan fingerprint density at radius 3 is 2.34 bits per heavy atom. The van der Waals surface area contributed by atoms with E-state index in [1.807, 2.05) is 49.9 Å². The van der Waals surface area contributed by atoms with Gasteiger partial charge in [0.1, 0.15) is 5.82 Å². The third-order valence-corrected chi connectivity index (χ3v) is 5.74. The summed E-state index contributed by atoms with van der Waals surface area (Å²) < 4.78 is 26.2. The Hall–Kier alpha value is -4.12. The predicted molar refractivity (Wildman–Crippen MR) is 136 cm³/mol. The van der Waals surface area contributed by atoms with Gasteiger partial charge >= 0.3 is 6.03 Å². The smallest absolute Gasteiger partial charge is 0.324 e. The van der Waals surface area contributed by atoms with Gasteiger partial charge in [-0.15, -0.1) is 0 Å². The molecule has 2 aromatic carbocycles. The van der Waals surface area contributed by atoms with Gasteiger partial charge in [-0.1, -0.05) is 20.8 Å². The first kappa shape index (κ1) is 24.0. The number of benzene rings is 2. The molecule has 10 nitrogen and oxygen atoms in total. The fourth-order valence-corrected chi connectivity index (χ4v) is 3.88. The number of amides is 3. The van der Waals surface area contributed by atoms with E-state index in [9.17, 15) is 18.0 Å². The lowest BCUT2D eigenvalue weighted by atomic mass is 9.92. The average Bonchev–Trinajstić information content (AvgIpc) is 3.39. The molecule has 4 N–H and O–H groups in total. The van der Waals surface area contributed by atoms with E-state index in [-0.39, 0.29) is 11.0 Å². The van der Waals surface area contributed by atoms with E-state index in [1.54, 1.807) is 28.9 Å². The lowest BCUT2D eigenvalue weighted by Gasteiger charge is -2.14. The molecule has 0 saturated carbocycles. The van der Waals surface area contributed by atoms with Crippen molar-refractivity contribution in [3.8, 4) is 5.69 Å². The Balaban J connectivity index is 1.59.